The van der Waals surface area contributed by atoms with Gasteiger partial charge < -0.3 is 35.1 Å². The predicted molar refractivity (Wildman–Crippen MR) is 170 cm³/mol. The number of aromatic nitrogens is 1. The van der Waals surface area contributed by atoms with Crippen molar-refractivity contribution in [1.82, 2.24) is 25.8 Å². The van der Waals surface area contributed by atoms with Crippen LogP contribution in [0.1, 0.15) is 56.6 Å². The number of nitrogens with zero attached hydrogens (tertiary/aromatic N) is 2. The number of urea groups is 1. The van der Waals surface area contributed by atoms with Crippen LogP contribution in [0.2, 0.25) is 0 Å². The minimum atomic E-state index is -1.28. The molecule has 1 saturated heterocycles. The lowest BCUT2D eigenvalue weighted by molar-refractivity contribution is -0.148. The molecule has 1 aromatic heterocycles. The fraction of sp³-hybridized carbons (Fsp3) is 0.515. The molecular weight excluding hydrogens is 594 g/mol. The van der Waals surface area contributed by atoms with Crippen LogP contribution in [0.3, 0.4) is 0 Å². The van der Waals surface area contributed by atoms with Gasteiger partial charge in [-0.2, -0.15) is 0 Å². The van der Waals surface area contributed by atoms with Crippen molar-refractivity contribution in [3.63, 3.8) is 0 Å². The van der Waals surface area contributed by atoms with Gasteiger partial charge in [0, 0.05) is 43.3 Å². The number of Topliss-reactive ketones (excluding diaryl/α,β-unsaturated/α-hetero) is 1. The summed E-state index contributed by atoms with van der Waals surface area (Å²) in [7, 11) is 4.23. The van der Waals surface area contributed by atoms with Gasteiger partial charge >= 0.3 is 12.0 Å². The number of benzene rings is 1. The van der Waals surface area contributed by atoms with E-state index in [0.29, 0.717) is 28.8 Å². The number of rotatable bonds is 10. The van der Waals surface area contributed by atoms with Gasteiger partial charge in [-0.15, -0.1) is 6.58 Å². The molecule has 248 valence electrons. The second kappa shape index (κ2) is 13.0. The van der Waals surface area contributed by atoms with E-state index in [1.165, 1.54) is 26.0 Å². The molecule has 1 aliphatic carbocycles. The van der Waals surface area contributed by atoms with Gasteiger partial charge in [0.25, 0.3) is 0 Å². The van der Waals surface area contributed by atoms with E-state index in [9.17, 15) is 24.0 Å². The highest BCUT2D eigenvalue weighted by Crippen LogP contribution is 2.45. The standard InChI is InChI=1S/C33H43N5O8/c1-10-19-15-33(19,30(42)45-9)37-28(40)23-13-20(16-38(23)29(41)27(32(4,5)6)36-31(43)34-7)46-25-14-22(18(3)39)35-26-17(2)24(44-8)12-11-21(25)26/h10-12,14,19-20,23,27H,1,13,15-16H2,2-9H3,(H,37,40)(H2,34,36,43)/t19-,20-,23+,27-,33-/m1/s1. The Kier molecular flexibility index (Phi) is 9.64. The molecule has 5 atom stereocenters. The van der Waals surface area contributed by atoms with Gasteiger partial charge in [0.15, 0.2) is 5.78 Å². The number of carbonyl (C=O) groups is 5. The molecule has 3 N–H and O–H groups in total. The van der Waals surface area contributed by atoms with Crippen LogP contribution in [0.4, 0.5) is 4.79 Å². The summed E-state index contributed by atoms with van der Waals surface area (Å²) in [6.45, 7) is 12.4. The Hall–Kier alpha value is -4.68. The fourth-order valence-electron chi connectivity index (χ4n) is 5.94. The molecule has 0 spiro atoms. The average molecular weight is 638 g/mol. The topological polar surface area (TPSA) is 165 Å². The lowest BCUT2D eigenvalue weighted by atomic mass is 9.85. The van der Waals surface area contributed by atoms with Crippen molar-refractivity contribution >= 4 is 40.5 Å². The SMILES string of the molecule is C=C[C@@H]1C[C@]1(NC(=O)[C@@H]1C[C@@H](Oc2cc(C(C)=O)nc3c(C)c(OC)ccc23)CN1C(=O)[C@@H](NC(=O)NC)C(C)(C)C)C(=O)OC. The van der Waals surface area contributed by atoms with E-state index < -0.39 is 53.0 Å². The lowest BCUT2D eigenvalue weighted by Gasteiger charge is -2.35. The van der Waals surface area contributed by atoms with Crippen molar-refractivity contribution in [2.24, 2.45) is 11.3 Å². The molecule has 13 heteroatoms. The first-order chi connectivity index (χ1) is 21.6. The molecule has 0 unspecified atom stereocenters. The molecule has 2 fully saturated rings. The number of hydrogen-bond donors (Lipinski definition) is 3. The molecular formula is C33H43N5O8. The van der Waals surface area contributed by atoms with E-state index in [1.54, 1.807) is 52.2 Å². The van der Waals surface area contributed by atoms with Crippen LogP contribution in [0.15, 0.2) is 30.9 Å². The number of aryl methyl sites for hydroxylation is 1. The summed E-state index contributed by atoms with van der Waals surface area (Å²) in [5, 5.41) is 8.64. The lowest BCUT2D eigenvalue weighted by Crippen LogP contribution is -2.60. The molecule has 0 radical (unpaired) electrons. The van der Waals surface area contributed by atoms with Gasteiger partial charge in [-0.05, 0) is 30.9 Å². The third kappa shape index (κ3) is 6.49. The maximum absolute atomic E-state index is 14.2. The number of hydrogen-bond acceptors (Lipinski definition) is 9. The van der Waals surface area contributed by atoms with Gasteiger partial charge in [0.2, 0.25) is 11.8 Å². The number of esters is 1. The van der Waals surface area contributed by atoms with Crippen LogP contribution in [0, 0.1) is 18.3 Å². The normalized spacial score (nSPS) is 22.8. The maximum Gasteiger partial charge on any atom is 0.332 e. The van der Waals surface area contributed by atoms with Gasteiger partial charge in [-0.1, -0.05) is 26.8 Å². The van der Waals surface area contributed by atoms with Crippen molar-refractivity contribution in [3.8, 4) is 11.5 Å². The van der Waals surface area contributed by atoms with Gasteiger partial charge in [-0.25, -0.2) is 14.6 Å². The minimum absolute atomic E-state index is 0.0105. The zero-order chi connectivity index (χ0) is 34.1. The number of ketones is 1. The van der Waals surface area contributed by atoms with Crippen molar-refractivity contribution in [2.45, 2.75) is 71.2 Å². The second-order valence-electron chi connectivity index (χ2n) is 12.9. The largest absolute Gasteiger partial charge is 0.496 e. The summed E-state index contributed by atoms with van der Waals surface area (Å²) >= 11 is 0. The van der Waals surface area contributed by atoms with Crippen LogP contribution >= 0.6 is 0 Å². The molecule has 2 aliphatic rings. The number of ether oxygens (including phenoxy) is 3. The molecule has 0 bridgehead atoms. The summed E-state index contributed by atoms with van der Waals surface area (Å²) in [5.74, 6) is -1.30. The monoisotopic (exact) mass is 637 g/mol. The van der Waals surface area contributed by atoms with E-state index in [2.05, 4.69) is 27.5 Å². The molecule has 1 aromatic carbocycles. The Balaban J connectivity index is 1.73. The van der Waals surface area contributed by atoms with E-state index in [1.807, 2.05) is 6.92 Å². The molecule has 4 rings (SSSR count). The Labute approximate surface area is 268 Å². The first kappa shape index (κ1) is 34.2. The predicted octanol–water partition coefficient (Wildman–Crippen LogP) is 2.68. The van der Waals surface area contributed by atoms with E-state index >= 15 is 0 Å². The van der Waals surface area contributed by atoms with Crippen molar-refractivity contribution in [3.05, 3.63) is 42.1 Å². The molecule has 13 nitrogen and oxygen atoms in total. The van der Waals surface area contributed by atoms with E-state index in [-0.39, 0.29) is 30.4 Å². The van der Waals surface area contributed by atoms with Crippen molar-refractivity contribution in [2.75, 3.05) is 27.8 Å². The molecule has 1 saturated carbocycles. The Morgan fingerprint density at radius 3 is 2.39 bits per heavy atom. The smallest absolute Gasteiger partial charge is 0.332 e. The number of methoxy groups -OCH3 is 2. The van der Waals surface area contributed by atoms with Gasteiger partial charge in [0.05, 0.1) is 26.3 Å². The molecule has 2 heterocycles. The van der Waals surface area contributed by atoms with Crippen LogP contribution in [0.5, 0.6) is 11.5 Å². The number of amides is 4. The zero-order valence-electron chi connectivity index (χ0n) is 27.6. The fourth-order valence-corrected chi connectivity index (χ4v) is 5.94. The Morgan fingerprint density at radius 1 is 1.15 bits per heavy atom. The third-order valence-electron chi connectivity index (χ3n) is 8.68. The van der Waals surface area contributed by atoms with Gasteiger partial charge in [0.1, 0.15) is 40.9 Å². The minimum Gasteiger partial charge on any atom is -0.496 e. The van der Waals surface area contributed by atoms with Gasteiger partial charge in [-0.3, -0.25) is 14.4 Å². The average Bonchev–Trinajstić information content (AvgIpc) is 3.57. The summed E-state index contributed by atoms with van der Waals surface area (Å²) in [5.41, 5.74) is -0.578. The number of likely N-dealkylation sites (tertiary alicyclic amines) is 1. The van der Waals surface area contributed by atoms with Crippen LogP contribution in [0.25, 0.3) is 10.9 Å². The van der Waals surface area contributed by atoms with E-state index in [0.717, 1.165) is 5.56 Å². The zero-order valence-corrected chi connectivity index (χ0v) is 27.6. The highest BCUT2D eigenvalue weighted by atomic mass is 16.5. The Bertz CT molecular complexity index is 1580. The highest BCUT2D eigenvalue weighted by Gasteiger charge is 2.62. The third-order valence-corrected chi connectivity index (χ3v) is 8.68. The molecule has 2 aromatic rings. The van der Waals surface area contributed by atoms with Crippen LogP contribution < -0.4 is 25.4 Å². The first-order valence-electron chi connectivity index (χ1n) is 15.1. The molecule has 4 amide bonds. The highest BCUT2D eigenvalue weighted by molar-refractivity contribution is 5.99. The maximum atomic E-state index is 14.2. The Morgan fingerprint density at radius 2 is 1.85 bits per heavy atom. The number of fused-ring (bicyclic) bond motifs is 1. The van der Waals surface area contributed by atoms with Crippen LogP contribution in [-0.2, 0) is 19.1 Å². The summed E-state index contributed by atoms with van der Waals surface area (Å²) < 4.78 is 16.9. The summed E-state index contributed by atoms with van der Waals surface area (Å²) in [6.07, 6.45) is 1.27. The number of nitrogens with one attached hydrogen (secondary N) is 3. The van der Waals surface area contributed by atoms with Crippen molar-refractivity contribution in [1.29, 1.82) is 0 Å². The first-order valence-corrected chi connectivity index (χ1v) is 15.1. The summed E-state index contributed by atoms with van der Waals surface area (Å²) in [4.78, 5) is 71.6. The van der Waals surface area contributed by atoms with Crippen LogP contribution in [-0.4, -0.2) is 91.0 Å². The number of carbonyl (C=O) groups excluding carboxylic acids is 5. The quantitative estimate of drug-likeness (QED) is 0.202. The number of pyridine rings is 1. The molecule has 1 aliphatic heterocycles. The van der Waals surface area contributed by atoms with Crippen molar-refractivity contribution < 1.29 is 38.2 Å². The summed E-state index contributed by atoms with van der Waals surface area (Å²) in [6, 6.07) is 2.50. The molecule has 46 heavy (non-hydrogen) atoms. The van der Waals surface area contributed by atoms with E-state index in [4.69, 9.17) is 14.2 Å². The second-order valence-corrected chi connectivity index (χ2v) is 12.9.